The number of nitrogens with one attached hydrogen (secondary N) is 1. The molecule has 2 N–H and O–H groups in total. The second kappa shape index (κ2) is 7.18. The van der Waals surface area contributed by atoms with Gasteiger partial charge in [0.25, 0.3) is 5.91 Å². The summed E-state index contributed by atoms with van der Waals surface area (Å²) >= 11 is 2.79. The van der Waals surface area contributed by atoms with Crippen LogP contribution in [0.15, 0.2) is 39.9 Å². The maximum Gasteiger partial charge on any atom is 0.267 e. The molecule has 2 aromatic heterocycles. The predicted octanol–water partition coefficient (Wildman–Crippen LogP) is 3.93. The molecule has 6 nitrogen and oxygen atoms in total. The van der Waals surface area contributed by atoms with Crippen molar-refractivity contribution >= 4 is 44.1 Å². The second-order valence-electron chi connectivity index (χ2n) is 5.48. The second-order valence-corrected chi connectivity index (χ2v) is 9.54. The Kier molecular flexibility index (Phi) is 5.12. The minimum Gasteiger partial charge on any atom is -0.506 e. The van der Waals surface area contributed by atoms with E-state index in [2.05, 4.69) is 10.3 Å². The Bertz CT molecular complexity index is 1050. The van der Waals surface area contributed by atoms with Crippen LogP contribution >= 0.6 is 22.7 Å². The number of thiophene rings is 1. The number of thiazole rings is 1. The van der Waals surface area contributed by atoms with Crippen LogP contribution in [0.2, 0.25) is 0 Å². The molecule has 0 aliphatic rings. The van der Waals surface area contributed by atoms with Crippen molar-refractivity contribution in [1.82, 2.24) is 4.98 Å². The van der Waals surface area contributed by atoms with E-state index in [1.807, 2.05) is 16.8 Å². The zero-order valence-corrected chi connectivity index (χ0v) is 16.5. The number of carbonyl (C=O) groups is 1. The number of sulfone groups is 1. The number of aryl methyl sites for hydroxylation is 1. The van der Waals surface area contributed by atoms with Gasteiger partial charge in [-0.2, -0.15) is 11.3 Å². The highest BCUT2D eigenvalue weighted by atomic mass is 32.2. The van der Waals surface area contributed by atoms with Crippen LogP contribution in [0.3, 0.4) is 0 Å². The summed E-state index contributed by atoms with van der Waals surface area (Å²) in [6.45, 7) is 3.27. The number of anilines is 1. The van der Waals surface area contributed by atoms with Gasteiger partial charge in [-0.3, -0.25) is 4.79 Å². The van der Waals surface area contributed by atoms with Gasteiger partial charge >= 0.3 is 0 Å². The predicted molar refractivity (Wildman–Crippen MR) is 104 cm³/mol. The summed E-state index contributed by atoms with van der Waals surface area (Å²) in [4.78, 5) is 17.5. The van der Waals surface area contributed by atoms with Crippen LogP contribution in [0.1, 0.15) is 22.3 Å². The first-order chi connectivity index (χ1) is 12.3. The van der Waals surface area contributed by atoms with Crippen LogP contribution in [0.25, 0.3) is 10.6 Å². The highest BCUT2D eigenvalue weighted by Crippen LogP contribution is 2.32. The molecule has 0 spiro atoms. The molecular formula is C17H16N2O4S3. The summed E-state index contributed by atoms with van der Waals surface area (Å²) in [5, 5.41) is 17.2. The van der Waals surface area contributed by atoms with Crippen molar-refractivity contribution in [3.8, 4) is 16.3 Å². The van der Waals surface area contributed by atoms with Crippen molar-refractivity contribution in [1.29, 1.82) is 0 Å². The van der Waals surface area contributed by atoms with Crippen LogP contribution in [0.5, 0.6) is 5.75 Å². The maximum atomic E-state index is 12.6. The molecule has 0 atom stereocenters. The van der Waals surface area contributed by atoms with Gasteiger partial charge in [-0.1, -0.05) is 6.92 Å². The fraction of sp³-hybridized carbons (Fsp3) is 0.176. The Labute approximate surface area is 159 Å². The van der Waals surface area contributed by atoms with Gasteiger partial charge < -0.3 is 10.4 Å². The standard InChI is InChI=1S/C17H16N2O4S3/c1-3-26(22,23)12-4-5-14(20)13(8-12)19-16(21)15-10(2)18-17(25-15)11-6-7-24-9-11/h4-9,20H,3H2,1-2H3,(H,19,21). The van der Waals surface area contributed by atoms with Crippen LogP contribution in [0.4, 0.5) is 5.69 Å². The molecule has 2 heterocycles. The van der Waals surface area contributed by atoms with Gasteiger partial charge in [0.05, 0.1) is 22.0 Å². The third-order valence-electron chi connectivity index (χ3n) is 3.73. The van der Waals surface area contributed by atoms with Crippen molar-refractivity contribution in [3.63, 3.8) is 0 Å². The largest absolute Gasteiger partial charge is 0.506 e. The van der Waals surface area contributed by atoms with Crippen molar-refractivity contribution in [2.75, 3.05) is 11.1 Å². The average Bonchev–Trinajstić information content (AvgIpc) is 3.26. The van der Waals surface area contributed by atoms with E-state index in [-0.39, 0.29) is 22.1 Å². The molecule has 3 rings (SSSR count). The molecule has 0 aliphatic carbocycles. The van der Waals surface area contributed by atoms with Gasteiger partial charge in [0, 0.05) is 10.9 Å². The van der Waals surface area contributed by atoms with E-state index in [0.29, 0.717) is 10.6 Å². The SMILES string of the molecule is CCS(=O)(=O)c1ccc(O)c(NC(=O)c2sc(-c3ccsc3)nc2C)c1. The Hall–Kier alpha value is -2.23. The lowest BCUT2D eigenvalue weighted by Gasteiger charge is -2.09. The zero-order chi connectivity index (χ0) is 18.9. The first-order valence-electron chi connectivity index (χ1n) is 7.69. The molecule has 0 aliphatic heterocycles. The van der Waals surface area contributed by atoms with Crippen molar-refractivity contribution in [2.45, 2.75) is 18.7 Å². The summed E-state index contributed by atoms with van der Waals surface area (Å²) in [5.74, 6) is -0.709. The van der Waals surface area contributed by atoms with E-state index in [9.17, 15) is 18.3 Å². The average molecular weight is 409 g/mol. The number of aromatic nitrogens is 1. The summed E-state index contributed by atoms with van der Waals surface area (Å²) < 4.78 is 24.0. The fourth-order valence-electron chi connectivity index (χ4n) is 2.27. The molecule has 0 radical (unpaired) electrons. The van der Waals surface area contributed by atoms with Crippen molar-refractivity contribution in [3.05, 3.63) is 45.6 Å². The quantitative estimate of drug-likeness (QED) is 0.624. The smallest absolute Gasteiger partial charge is 0.267 e. The Morgan fingerprint density at radius 3 is 2.73 bits per heavy atom. The number of nitrogens with zero attached hydrogens (tertiary/aromatic N) is 1. The van der Waals surface area contributed by atoms with Gasteiger partial charge in [0.1, 0.15) is 15.6 Å². The van der Waals surface area contributed by atoms with E-state index in [1.54, 1.807) is 18.3 Å². The number of phenolic OH excluding ortho intramolecular Hbond substituents is 1. The van der Waals surface area contributed by atoms with Crippen LogP contribution in [-0.2, 0) is 9.84 Å². The van der Waals surface area contributed by atoms with Gasteiger partial charge in [-0.25, -0.2) is 13.4 Å². The number of hydrogen-bond acceptors (Lipinski definition) is 7. The van der Waals surface area contributed by atoms with Gasteiger partial charge in [0.15, 0.2) is 9.84 Å². The first kappa shape index (κ1) is 18.6. The number of phenols is 1. The van der Waals surface area contributed by atoms with E-state index >= 15 is 0 Å². The number of carbonyl (C=O) groups excluding carboxylic acids is 1. The number of benzene rings is 1. The van der Waals surface area contributed by atoms with Crippen molar-refractivity contribution in [2.24, 2.45) is 0 Å². The van der Waals surface area contributed by atoms with E-state index < -0.39 is 15.7 Å². The molecule has 3 aromatic rings. The third kappa shape index (κ3) is 3.64. The van der Waals surface area contributed by atoms with Gasteiger partial charge in [-0.05, 0) is 36.6 Å². The minimum absolute atomic E-state index is 0.0492. The molecule has 1 amide bonds. The van der Waals surface area contributed by atoms with E-state index in [4.69, 9.17) is 0 Å². The van der Waals surface area contributed by atoms with Gasteiger partial charge in [0.2, 0.25) is 0 Å². The highest BCUT2D eigenvalue weighted by Gasteiger charge is 2.19. The highest BCUT2D eigenvalue weighted by molar-refractivity contribution is 7.91. The summed E-state index contributed by atoms with van der Waals surface area (Å²) in [5.41, 5.74) is 1.57. The lowest BCUT2D eigenvalue weighted by Crippen LogP contribution is -2.12. The third-order valence-corrected chi connectivity index (χ3v) is 7.35. The molecule has 1 aromatic carbocycles. The molecule has 0 saturated carbocycles. The number of hydrogen-bond donors (Lipinski definition) is 2. The zero-order valence-electron chi connectivity index (χ0n) is 14.0. The molecule has 26 heavy (non-hydrogen) atoms. The Balaban J connectivity index is 1.90. The first-order valence-corrected chi connectivity index (χ1v) is 11.1. The number of aromatic hydroxyl groups is 1. The monoisotopic (exact) mass is 408 g/mol. The lowest BCUT2D eigenvalue weighted by atomic mass is 10.2. The Morgan fingerprint density at radius 2 is 2.08 bits per heavy atom. The molecule has 0 fully saturated rings. The molecule has 0 unspecified atom stereocenters. The normalized spacial score (nSPS) is 11.5. The van der Waals surface area contributed by atoms with E-state index in [1.165, 1.54) is 36.5 Å². The molecule has 136 valence electrons. The van der Waals surface area contributed by atoms with Crippen LogP contribution in [-0.4, -0.2) is 30.2 Å². The number of amides is 1. The van der Waals surface area contributed by atoms with E-state index in [0.717, 1.165) is 10.6 Å². The fourth-order valence-corrected chi connectivity index (χ4v) is 4.85. The van der Waals surface area contributed by atoms with Crippen LogP contribution < -0.4 is 5.32 Å². The lowest BCUT2D eigenvalue weighted by molar-refractivity contribution is 0.102. The Morgan fingerprint density at radius 1 is 1.31 bits per heavy atom. The summed E-state index contributed by atoms with van der Waals surface area (Å²) in [6, 6.07) is 5.77. The summed E-state index contributed by atoms with van der Waals surface area (Å²) in [6.07, 6.45) is 0. The molecule has 9 heteroatoms. The van der Waals surface area contributed by atoms with Crippen LogP contribution in [0, 0.1) is 6.92 Å². The molecule has 0 saturated heterocycles. The topological polar surface area (TPSA) is 96.4 Å². The van der Waals surface area contributed by atoms with Gasteiger partial charge in [-0.15, -0.1) is 11.3 Å². The molecule has 0 bridgehead atoms. The molecular weight excluding hydrogens is 392 g/mol. The minimum atomic E-state index is -3.44. The maximum absolute atomic E-state index is 12.6. The van der Waals surface area contributed by atoms with Crippen molar-refractivity contribution < 1.29 is 18.3 Å². The number of rotatable bonds is 5. The summed E-state index contributed by atoms with van der Waals surface area (Å²) in [7, 11) is -3.44.